The summed E-state index contributed by atoms with van der Waals surface area (Å²) in [6, 6.07) is 14.6. The van der Waals surface area contributed by atoms with E-state index in [0.717, 1.165) is 5.56 Å². The Morgan fingerprint density at radius 2 is 1.94 bits per heavy atom. The summed E-state index contributed by atoms with van der Waals surface area (Å²) in [7, 11) is 3.05. The number of amides is 2. The maximum absolute atomic E-state index is 13.0. The van der Waals surface area contributed by atoms with E-state index >= 15 is 0 Å². The van der Waals surface area contributed by atoms with Crippen molar-refractivity contribution in [2.75, 3.05) is 31.8 Å². The molecule has 9 heteroatoms. The normalized spacial score (nSPS) is 10.3. The van der Waals surface area contributed by atoms with Gasteiger partial charge in [0.05, 0.1) is 25.5 Å². The molecule has 0 bridgehead atoms. The minimum absolute atomic E-state index is 0.111. The van der Waals surface area contributed by atoms with Gasteiger partial charge in [0.2, 0.25) is 5.91 Å². The molecule has 3 rings (SSSR count). The van der Waals surface area contributed by atoms with Crippen LogP contribution in [0, 0.1) is 0 Å². The molecule has 0 aliphatic heterocycles. The van der Waals surface area contributed by atoms with E-state index < -0.39 is 0 Å². The van der Waals surface area contributed by atoms with E-state index in [0.29, 0.717) is 38.6 Å². The Kier molecular flexibility index (Phi) is 8.29. The molecule has 0 aliphatic rings. The van der Waals surface area contributed by atoms with Crippen LogP contribution in [0.1, 0.15) is 10.4 Å². The number of benzene rings is 2. The van der Waals surface area contributed by atoms with Gasteiger partial charge in [-0.3, -0.25) is 9.59 Å². The smallest absolute Gasteiger partial charge is 0.260 e. The first-order valence-electron chi connectivity index (χ1n) is 9.65. The van der Waals surface area contributed by atoms with Crippen molar-refractivity contribution in [3.63, 3.8) is 0 Å². The number of methoxy groups -OCH3 is 2. The first-order valence-corrected chi connectivity index (χ1v) is 11.5. The number of nitrogens with one attached hydrogen (secondary N) is 2. The summed E-state index contributed by atoms with van der Waals surface area (Å²) in [5.74, 6) is 0.774. The third-order valence-electron chi connectivity index (χ3n) is 4.31. The van der Waals surface area contributed by atoms with Gasteiger partial charge in [-0.1, -0.05) is 59.5 Å². The van der Waals surface area contributed by atoms with Gasteiger partial charge >= 0.3 is 0 Å². The second-order valence-corrected chi connectivity index (χ2v) is 8.65. The minimum atomic E-state index is -0.328. The molecule has 0 aliphatic carbocycles. The van der Waals surface area contributed by atoms with Crippen molar-refractivity contribution in [3.8, 4) is 22.8 Å². The molecule has 0 saturated carbocycles. The standard InChI is InChI=1S/C23H23N3O4S2/c1-4-12-24-19(27)14-31-23-25-20(15-8-6-5-7-9-15)22(32-23)26-21(28)17-11-10-16(29-2)13-18(17)30-3/h4-11,13H,1,12,14H2,2-3H3,(H,24,27)(H,26,28). The number of hydrogen-bond donors (Lipinski definition) is 2. The van der Waals surface area contributed by atoms with Crippen LogP contribution in [0.2, 0.25) is 0 Å². The molecule has 0 radical (unpaired) electrons. The number of ether oxygens (including phenoxy) is 2. The van der Waals surface area contributed by atoms with Crippen LogP contribution in [-0.4, -0.2) is 43.3 Å². The van der Waals surface area contributed by atoms with E-state index in [4.69, 9.17) is 9.47 Å². The lowest BCUT2D eigenvalue weighted by Crippen LogP contribution is -2.24. The van der Waals surface area contributed by atoms with Crippen LogP contribution in [0.5, 0.6) is 11.5 Å². The topological polar surface area (TPSA) is 89.6 Å². The Balaban J connectivity index is 1.86. The third kappa shape index (κ3) is 5.89. The second-order valence-electron chi connectivity index (χ2n) is 6.43. The second kappa shape index (κ2) is 11.4. The third-order valence-corrected chi connectivity index (χ3v) is 6.42. The Morgan fingerprint density at radius 3 is 2.62 bits per heavy atom. The molecule has 1 aromatic heterocycles. The predicted molar refractivity (Wildman–Crippen MR) is 129 cm³/mol. The first-order chi connectivity index (χ1) is 15.5. The molecular formula is C23H23N3O4S2. The fourth-order valence-corrected chi connectivity index (χ4v) is 4.65. The zero-order valence-corrected chi connectivity index (χ0v) is 19.3. The zero-order valence-electron chi connectivity index (χ0n) is 17.7. The van der Waals surface area contributed by atoms with Crippen LogP contribution in [0.25, 0.3) is 11.3 Å². The molecule has 32 heavy (non-hydrogen) atoms. The molecular weight excluding hydrogens is 446 g/mol. The fraction of sp³-hybridized carbons (Fsp3) is 0.174. The van der Waals surface area contributed by atoms with Gasteiger partial charge in [0, 0.05) is 18.2 Å². The Morgan fingerprint density at radius 1 is 1.16 bits per heavy atom. The monoisotopic (exact) mass is 469 g/mol. The van der Waals surface area contributed by atoms with Crippen molar-refractivity contribution >= 4 is 39.9 Å². The van der Waals surface area contributed by atoms with E-state index in [-0.39, 0.29) is 17.6 Å². The lowest BCUT2D eigenvalue weighted by Gasteiger charge is -2.10. The lowest BCUT2D eigenvalue weighted by atomic mass is 10.1. The molecule has 2 aromatic carbocycles. The van der Waals surface area contributed by atoms with Gasteiger partial charge in [-0.2, -0.15) is 0 Å². The summed E-state index contributed by atoms with van der Waals surface area (Å²) in [5, 5.41) is 6.28. The fourth-order valence-electron chi connectivity index (χ4n) is 2.76. The Hall–Kier alpha value is -3.30. The molecule has 0 saturated heterocycles. The molecule has 3 aromatic rings. The summed E-state index contributed by atoms with van der Waals surface area (Å²) in [6.45, 7) is 4.00. The Labute approximate surface area is 194 Å². The number of thioether (sulfide) groups is 1. The summed E-state index contributed by atoms with van der Waals surface area (Å²) < 4.78 is 11.2. The summed E-state index contributed by atoms with van der Waals surface area (Å²) in [4.78, 5) is 29.6. The van der Waals surface area contributed by atoms with Gasteiger partial charge in [-0.25, -0.2) is 4.98 Å². The summed E-state index contributed by atoms with van der Waals surface area (Å²) >= 11 is 2.63. The quantitative estimate of drug-likeness (QED) is 0.336. The number of hydrogen-bond acceptors (Lipinski definition) is 7. The summed E-state index contributed by atoms with van der Waals surface area (Å²) in [5.41, 5.74) is 1.88. The van der Waals surface area contributed by atoms with E-state index in [2.05, 4.69) is 22.2 Å². The first kappa shape index (κ1) is 23.4. The van der Waals surface area contributed by atoms with Gasteiger partial charge in [0.15, 0.2) is 4.34 Å². The van der Waals surface area contributed by atoms with Crippen molar-refractivity contribution in [2.45, 2.75) is 4.34 Å². The molecule has 0 spiro atoms. The Bertz CT molecular complexity index is 1100. The van der Waals surface area contributed by atoms with E-state index in [1.807, 2.05) is 30.3 Å². The van der Waals surface area contributed by atoms with Gasteiger partial charge in [-0.05, 0) is 12.1 Å². The van der Waals surface area contributed by atoms with Gasteiger partial charge in [0.1, 0.15) is 22.2 Å². The molecule has 0 unspecified atom stereocenters. The number of aromatic nitrogens is 1. The summed E-state index contributed by atoms with van der Waals surface area (Å²) in [6.07, 6.45) is 1.63. The molecule has 0 atom stereocenters. The van der Waals surface area contributed by atoms with Crippen molar-refractivity contribution in [2.24, 2.45) is 0 Å². The van der Waals surface area contributed by atoms with Crippen molar-refractivity contribution in [3.05, 3.63) is 66.7 Å². The highest BCUT2D eigenvalue weighted by Crippen LogP contribution is 2.38. The van der Waals surface area contributed by atoms with Gasteiger partial charge in [0.25, 0.3) is 5.91 Å². The van der Waals surface area contributed by atoms with Crippen LogP contribution in [-0.2, 0) is 4.79 Å². The molecule has 2 N–H and O–H groups in total. The number of nitrogens with zero attached hydrogens (tertiary/aromatic N) is 1. The van der Waals surface area contributed by atoms with E-state index in [9.17, 15) is 9.59 Å². The number of thiazole rings is 1. The highest BCUT2D eigenvalue weighted by atomic mass is 32.2. The van der Waals surface area contributed by atoms with Crippen molar-refractivity contribution < 1.29 is 19.1 Å². The van der Waals surface area contributed by atoms with Crippen LogP contribution in [0.3, 0.4) is 0 Å². The largest absolute Gasteiger partial charge is 0.497 e. The van der Waals surface area contributed by atoms with Crippen molar-refractivity contribution in [1.29, 1.82) is 0 Å². The van der Waals surface area contributed by atoms with Crippen LogP contribution < -0.4 is 20.1 Å². The maximum atomic E-state index is 13.0. The number of anilines is 1. The highest BCUT2D eigenvalue weighted by molar-refractivity contribution is 8.01. The van der Waals surface area contributed by atoms with Crippen molar-refractivity contribution in [1.82, 2.24) is 10.3 Å². The molecule has 7 nitrogen and oxygen atoms in total. The molecule has 166 valence electrons. The predicted octanol–water partition coefficient (Wildman–Crippen LogP) is 4.47. The SMILES string of the molecule is C=CCNC(=O)CSc1nc(-c2ccccc2)c(NC(=O)c2ccc(OC)cc2OC)s1. The highest BCUT2D eigenvalue weighted by Gasteiger charge is 2.20. The average molecular weight is 470 g/mol. The van der Waals surface area contributed by atoms with Gasteiger partial charge in [-0.15, -0.1) is 6.58 Å². The maximum Gasteiger partial charge on any atom is 0.260 e. The number of carbonyl (C=O) groups is 2. The molecule has 2 amide bonds. The van der Waals surface area contributed by atoms with Crippen LogP contribution in [0.4, 0.5) is 5.00 Å². The van der Waals surface area contributed by atoms with Gasteiger partial charge < -0.3 is 20.1 Å². The van der Waals surface area contributed by atoms with Crippen LogP contribution in [0.15, 0.2) is 65.5 Å². The van der Waals surface area contributed by atoms with E-state index in [1.165, 1.54) is 30.2 Å². The molecule has 1 heterocycles. The van der Waals surface area contributed by atoms with Crippen LogP contribution >= 0.6 is 23.1 Å². The number of carbonyl (C=O) groups excluding carboxylic acids is 2. The average Bonchev–Trinajstić information content (AvgIpc) is 3.23. The molecule has 0 fully saturated rings. The zero-order chi connectivity index (χ0) is 22.9. The number of rotatable bonds is 10. The van der Waals surface area contributed by atoms with E-state index in [1.54, 1.807) is 31.4 Å². The minimum Gasteiger partial charge on any atom is -0.497 e. The lowest BCUT2D eigenvalue weighted by molar-refractivity contribution is -0.118.